The molecule has 11 heteroatoms. The maximum Gasteiger partial charge on any atom is 0.267 e. The Balaban J connectivity index is 1.55. The van der Waals surface area contributed by atoms with Crippen LogP contribution in [-0.2, 0) is 11.8 Å². The number of aryl methyl sites for hydroxylation is 1. The molecule has 44 heavy (non-hydrogen) atoms. The number of fused-ring (bicyclic) bond motifs is 1. The number of aromatic nitrogens is 4. The number of hydrogen-bond acceptors (Lipinski definition) is 7. The smallest absolute Gasteiger partial charge is 0.267 e. The quantitative estimate of drug-likeness (QED) is 0.259. The maximum absolute atomic E-state index is 14.3. The lowest BCUT2D eigenvalue weighted by Gasteiger charge is -2.28. The molecule has 1 saturated heterocycles. The number of piperidine rings is 1. The third-order valence-corrected chi connectivity index (χ3v) is 7.60. The number of nitrogens with two attached hydrogens (primary N) is 1. The molecule has 1 fully saturated rings. The van der Waals surface area contributed by atoms with Gasteiger partial charge in [0.2, 0.25) is 5.91 Å². The van der Waals surface area contributed by atoms with Crippen molar-refractivity contribution in [2.75, 3.05) is 18.8 Å². The van der Waals surface area contributed by atoms with Crippen molar-refractivity contribution in [3.05, 3.63) is 88.5 Å². The lowest BCUT2D eigenvalue weighted by atomic mass is 9.96. The van der Waals surface area contributed by atoms with E-state index in [0.29, 0.717) is 41.1 Å². The van der Waals surface area contributed by atoms with E-state index in [1.54, 1.807) is 27.0 Å². The molecule has 1 atom stereocenters. The summed E-state index contributed by atoms with van der Waals surface area (Å²) in [5.74, 6) is 6.88. The fourth-order valence-electron chi connectivity index (χ4n) is 5.35. The van der Waals surface area contributed by atoms with Gasteiger partial charge in [-0.1, -0.05) is 48.8 Å². The van der Waals surface area contributed by atoms with Gasteiger partial charge in [0.05, 0.1) is 22.6 Å². The van der Waals surface area contributed by atoms with Crippen molar-refractivity contribution in [3.8, 4) is 17.5 Å². The fraction of sp³-hybridized carbons (Fsp3) is 0.273. The molecule has 224 valence electrons. The van der Waals surface area contributed by atoms with E-state index in [0.717, 1.165) is 12.8 Å². The van der Waals surface area contributed by atoms with Gasteiger partial charge < -0.3 is 16.0 Å². The van der Waals surface area contributed by atoms with E-state index >= 15 is 0 Å². The van der Waals surface area contributed by atoms with Crippen molar-refractivity contribution < 1.29 is 9.59 Å². The normalized spacial score (nSPS) is 14.3. The molecule has 0 spiro atoms. The third-order valence-electron chi connectivity index (χ3n) is 7.60. The number of carbonyl (C=O) groups excluding carboxylic acids is 2. The Morgan fingerprint density at radius 2 is 1.89 bits per heavy atom. The van der Waals surface area contributed by atoms with Gasteiger partial charge in [-0.2, -0.15) is 5.10 Å². The summed E-state index contributed by atoms with van der Waals surface area (Å²) in [6, 6.07) is 13.8. The Labute approximate surface area is 255 Å². The summed E-state index contributed by atoms with van der Waals surface area (Å²) in [6.45, 7) is 8.30. The van der Waals surface area contributed by atoms with Crippen LogP contribution in [0.4, 0.5) is 11.6 Å². The summed E-state index contributed by atoms with van der Waals surface area (Å²) in [6.07, 6.45) is 4.51. The molecule has 1 aliphatic rings. The molecular weight excluding hydrogens is 556 g/mol. The number of carbonyl (C=O) groups is 2. The van der Waals surface area contributed by atoms with Crippen molar-refractivity contribution in [2.24, 2.45) is 18.0 Å². The second-order valence-corrected chi connectivity index (χ2v) is 10.6. The standard InChI is InChI=1S/C33H34N8O3/c1-5-18-35-31-28(29(34)38-39(31)4)32(43)36-21(2)30-37-26-13-9-10-24(15-14-23-16-19-40(20-17-23)22(3)42)27(26)33(44)41(30)25-11-7-6-8-12-25/h5-13,18,21,23H,1,16-17,19-20H2,2-4H3,(H2,34,38)(H,36,43)/b35-18-. The molecule has 3 N–H and O–H groups in total. The van der Waals surface area contributed by atoms with E-state index in [9.17, 15) is 14.4 Å². The minimum absolute atomic E-state index is 0.0236. The van der Waals surface area contributed by atoms with Crippen LogP contribution >= 0.6 is 0 Å². The number of benzene rings is 2. The first kappa shape index (κ1) is 30.0. The highest BCUT2D eigenvalue weighted by atomic mass is 16.2. The highest BCUT2D eigenvalue weighted by molar-refractivity contribution is 6.03. The van der Waals surface area contributed by atoms with Crippen LogP contribution in [0.5, 0.6) is 0 Å². The van der Waals surface area contributed by atoms with Crippen LogP contribution in [0, 0.1) is 17.8 Å². The molecule has 3 heterocycles. The average Bonchev–Trinajstić information content (AvgIpc) is 3.31. The van der Waals surface area contributed by atoms with Gasteiger partial charge >= 0.3 is 0 Å². The molecule has 1 unspecified atom stereocenters. The highest BCUT2D eigenvalue weighted by Gasteiger charge is 2.26. The van der Waals surface area contributed by atoms with Crippen molar-refractivity contribution in [2.45, 2.75) is 32.7 Å². The van der Waals surface area contributed by atoms with Crippen LogP contribution in [-0.4, -0.2) is 55.3 Å². The van der Waals surface area contributed by atoms with E-state index in [2.05, 4.69) is 33.8 Å². The van der Waals surface area contributed by atoms with Gasteiger partial charge in [-0.3, -0.25) is 19.0 Å². The number of amides is 2. The Bertz CT molecular complexity index is 1890. The first-order chi connectivity index (χ1) is 21.2. The summed E-state index contributed by atoms with van der Waals surface area (Å²) in [7, 11) is 1.64. The highest BCUT2D eigenvalue weighted by Crippen LogP contribution is 2.26. The van der Waals surface area contributed by atoms with Crippen LogP contribution in [0.2, 0.25) is 0 Å². The monoisotopic (exact) mass is 590 g/mol. The number of allylic oxidation sites excluding steroid dienone is 1. The Kier molecular flexibility index (Phi) is 8.71. The number of nitrogens with zero attached hydrogens (tertiary/aromatic N) is 6. The van der Waals surface area contributed by atoms with Crippen LogP contribution in [0.1, 0.15) is 54.5 Å². The predicted octanol–water partition coefficient (Wildman–Crippen LogP) is 3.69. The molecule has 1 aliphatic heterocycles. The Morgan fingerprint density at radius 3 is 2.57 bits per heavy atom. The minimum Gasteiger partial charge on any atom is -0.381 e. The first-order valence-electron chi connectivity index (χ1n) is 14.4. The summed E-state index contributed by atoms with van der Waals surface area (Å²) in [5, 5.41) is 7.46. The number of rotatable bonds is 6. The number of likely N-dealkylation sites (tertiary alicyclic amines) is 1. The molecule has 0 aliphatic carbocycles. The predicted molar refractivity (Wildman–Crippen MR) is 171 cm³/mol. The lowest BCUT2D eigenvalue weighted by molar-refractivity contribution is -0.129. The number of nitrogens with one attached hydrogen (secondary N) is 1. The topological polar surface area (TPSA) is 140 Å². The first-order valence-corrected chi connectivity index (χ1v) is 14.4. The molecule has 4 aromatic rings. The number of para-hydroxylation sites is 1. The third kappa shape index (κ3) is 6.01. The number of anilines is 1. The molecule has 2 aromatic carbocycles. The van der Waals surface area contributed by atoms with E-state index in [1.807, 2.05) is 47.4 Å². The molecule has 0 radical (unpaired) electrons. The van der Waals surface area contributed by atoms with Gasteiger partial charge in [-0.15, -0.1) is 0 Å². The second kappa shape index (κ2) is 12.8. The van der Waals surface area contributed by atoms with Crippen molar-refractivity contribution in [1.82, 2.24) is 29.5 Å². The van der Waals surface area contributed by atoms with E-state index in [-0.39, 0.29) is 34.6 Å². The zero-order chi connectivity index (χ0) is 31.4. The number of hydrogen-bond donors (Lipinski definition) is 2. The molecule has 11 nitrogen and oxygen atoms in total. The van der Waals surface area contributed by atoms with Gasteiger partial charge in [0.1, 0.15) is 11.4 Å². The van der Waals surface area contributed by atoms with Gasteiger partial charge in [-0.25, -0.2) is 14.7 Å². The van der Waals surface area contributed by atoms with Gasteiger partial charge in [0, 0.05) is 44.8 Å². The maximum atomic E-state index is 14.3. The van der Waals surface area contributed by atoms with Gasteiger partial charge in [0.15, 0.2) is 11.6 Å². The van der Waals surface area contributed by atoms with Crippen LogP contribution in [0.3, 0.4) is 0 Å². The number of nitrogen functional groups attached to an aromatic ring is 1. The van der Waals surface area contributed by atoms with E-state index in [4.69, 9.17) is 10.7 Å². The summed E-state index contributed by atoms with van der Waals surface area (Å²) < 4.78 is 2.92. The van der Waals surface area contributed by atoms with Crippen molar-refractivity contribution in [1.29, 1.82) is 0 Å². The number of aliphatic imine (C=N–C) groups is 1. The summed E-state index contributed by atoms with van der Waals surface area (Å²) in [4.78, 5) is 50.4. The van der Waals surface area contributed by atoms with Gasteiger partial charge in [0.25, 0.3) is 11.5 Å². The average molecular weight is 591 g/mol. The van der Waals surface area contributed by atoms with Crippen molar-refractivity contribution >= 4 is 40.6 Å². The van der Waals surface area contributed by atoms with Crippen LogP contribution < -0.4 is 16.6 Å². The summed E-state index contributed by atoms with van der Waals surface area (Å²) in [5.41, 5.74) is 7.53. The Hall–Kier alpha value is -5.50. The zero-order valence-corrected chi connectivity index (χ0v) is 24.9. The SMILES string of the molecule is C=C/C=N\c1c(C(=O)NC(C)c2nc3cccc(C#CC4CCN(C(C)=O)CC4)c3c(=O)n2-c2ccccc2)c(N)nn1C. The van der Waals surface area contributed by atoms with Crippen LogP contribution in [0.15, 0.2) is 71.0 Å². The molecule has 5 rings (SSSR count). The Morgan fingerprint density at radius 1 is 1.16 bits per heavy atom. The molecule has 0 bridgehead atoms. The van der Waals surface area contributed by atoms with Gasteiger partial charge in [-0.05, 0) is 44.0 Å². The molecule has 2 amide bonds. The van der Waals surface area contributed by atoms with E-state index in [1.165, 1.54) is 21.5 Å². The molecular formula is C33H34N8O3. The van der Waals surface area contributed by atoms with Crippen LogP contribution in [0.25, 0.3) is 16.6 Å². The lowest BCUT2D eigenvalue weighted by Crippen LogP contribution is -2.36. The fourth-order valence-corrected chi connectivity index (χ4v) is 5.35. The minimum atomic E-state index is -0.711. The van der Waals surface area contributed by atoms with E-state index < -0.39 is 11.9 Å². The molecule has 2 aromatic heterocycles. The second-order valence-electron chi connectivity index (χ2n) is 10.6. The van der Waals surface area contributed by atoms with Crippen molar-refractivity contribution in [3.63, 3.8) is 0 Å². The molecule has 0 saturated carbocycles. The largest absolute Gasteiger partial charge is 0.381 e. The summed E-state index contributed by atoms with van der Waals surface area (Å²) >= 11 is 0. The zero-order valence-electron chi connectivity index (χ0n) is 24.9.